The molecule has 0 spiro atoms. The minimum atomic E-state index is -1.92. The van der Waals surface area contributed by atoms with Crippen LogP contribution in [-0.4, -0.2) is 197 Å². The van der Waals surface area contributed by atoms with Gasteiger partial charge in [-0.1, -0.05) is 12.1 Å². The van der Waals surface area contributed by atoms with E-state index in [0.29, 0.717) is 133 Å². The van der Waals surface area contributed by atoms with Crippen molar-refractivity contribution in [2.45, 2.75) is 37.5 Å². The largest absolute Gasteiger partial charge is 0.491 e. The van der Waals surface area contributed by atoms with Crippen molar-refractivity contribution in [1.82, 2.24) is 19.7 Å². The number of thioether (sulfide) groups is 1. The number of esters is 1. The Morgan fingerprint density at radius 2 is 1.41 bits per heavy atom. The van der Waals surface area contributed by atoms with Crippen LogP contribution in [0.5, 0.6) is 11.5 Å². The minimum Gasteiger partial charge on any atom is -0.491 e. The van der Waals surface area contributed by atoms with E-state index in [1.807, 2.05) is 12.1 Å². The minimum absolute atomic E-state index is 0.00134. The molecular formula is C48H65ClF3N8O14PS. The molecule has 22 nitrogen and oxygen atoms in total. The molecule has 4 N–H and O–H groups in total. The number of nitrogens with two attached hydrogens (primary N) is 1. The van der Waals surface area contributed by atoms with E-state index >= 15 is 0 Å². The first kappa shape index (κ1) is 60.8. The summed E-state index contributed by atoms with van der Waals surface area (Å²) in [5, 5.41) is 9.26. The molecule has 0 amide bonds. The van der Waals surface area contributed by atoms with Gasteiger partial charge in [0.1, 0.15) is 29.7 Å². The summed E-state index contributed by atoms with van der Waals surface area (Å²) in [6.45, 7) is 7.41. The number of benzene rings is 2. The number of carbonyl (C=O) groups excluding carboxylic acids is 1. The highest BCUT2D eigenvalue weighted by Gasteiger charge is 2.33. The standard InChI is InChI=1S/C48H65ClF3N8O14PS/c49-48-56-46(40-28-55-60(47(40)57-48)43-6-5-39(73-43)32-76-33-75(62)63)59-29-35(30-59)34-1-3-38(4-2-34)72-24-23-70-20-19-68-17-18-69-21-22-71-31-37(58-53)27-54-8-10-65-12-14-67-16-15-66-13-11-64-9-7-44(61)74-45-41(51)25-36(50)26-42(45)52/h1-4,25-28,35,39,43,62-63H,5-24,29-33,53H2/b54-27?,58-37+. The van der Waals surface area contributed by atoms with E-state index in [1.54, 1.807) is 10.9 Å². The molecule has 76 heavy (non-hydrogen) atoms. The van der Waals surface area contributed by atoms with Gasteiger partial charge in [-0.05, 0) is 42.1 Å². The highest BCUT2D eigenvalue weighted by molar-refractivity contribution is 8.03. The first-order valence-corrected chi connectivity index (χ1v) is 27.5. The van der Waals surface area contributed by atoms with Gasteiger partial charge in [0, 0.05) is 43.1 Å². The maximum absolute atomic E-state index is 13.6. The summed E-state index contributed by atoms with van der Waals surface area (Å²) >= 11 is 7.88. The average Bonchev–Trinajstić information content (AvgIpc) is 4.04. The molecule has 4 heterocycles. The zero-order chi connectivity index (χ0) is 53.7. The Labute approximate surface area is 448 Å². The molecule has 2 atom stereocenters. The lowest BCUT2D eigenvalue weighted by atomic mass is 9.91. The lowest BCUT2D eigenvalue weighted by molar-refractivity contribution is -0.136. The highest BCUT2D eigenvalue weighted by atomic mass is 35.5. The Kier molecular flexibility index (Phi) is 27.6. The van der Waals surface area contributed by atoms with Crippen molar-refractivity contribution >= 4 is 66.5 Å². The smallest absolute Gasteiger partial charge is 0.313 e. The summed E-state index contributed by atoms with van der Waals surface area (Å²) in [4.78, 5) is 45.6. The highest BCUT2D eigenvalue weighted by Crippen LogP contribution is 2.38. The Morgan fingerprint density at radius 1 is 0.816 bits per heavy atom. The second-order valence-corrected chi connectivity index (χ2v) is 19.6. The van der Waals surface area contributed by atoms with Crippen molar-refractivity contribution in [3.63, 3.8) is 0 Å². The number of hydrogen-bond acceptors (Lipinski definition) is 22. The molecule has 2 fully saturated rings. The maximum Gasteiger partial charge on any atom is 0.313 e. The van der Waals surface area contributed by atoms with E-state index in [1.165, 1.54) is 23.5 Å². The molecule has 2 aliphatic rings. The van der Waals surface area contributed by atoms with E-state index in [-0.39, 0.29) is 50.5 Å². The zero-order valence-electron chi connectivity index (χ0n) is 41.9. The summed E-state index contributed by atoms with van der Waals surface area (Å²) in [6, 6.07) is 8.94. The van der Waals surface area contributed by atoms with Crippen molar-refractivity contribution in [2.75, 3.05) is 148 Å². The third kappa shape index (κ3) is 21.5. The quantitative estimate of drug-likeness (QED) is 0.00771. The zero-order valence-corrected chi connectivity index (χ0v) is 44.4. The molecule has 0 bridgehead atoms. The summed E-state index contributed by atoms with van der Waals surface area (Å²) in [7, 11) is -1.92. The van der Waals surface area contributed by atoms with Crippen molar-refractivity contribution in [3.05, 3.63) is 70.9 Å². The van der Waals surface area contributed by atoms with E-state index in [4.69, 9.17) is 64.8 Å². The molecule has 0 aliphatic carbocycles. The molecule has 28 heteroatoms. The number of fused-ring (bicyclic) bond motifs is 1. The fourth-order valence-electron chi connectivity index (χ4n) is 7.45. The molecule has 2 aromatic heterocycles. The first-order chi connectivity index (χ1) is 37.1. The molecule has 0 saturated carbocycles. The van der Waals surface area contributed by atoms with Gasteiger partial charge in [0.05, 0.1) is 142 Å². The molecule has 2 unspecified atom stereocenters. The number of carbonyl (C=O) groups is 1. The molecular weight excluding hydrogens is 1070 g/mol. The number of ether oxygens (including phenoxy) is 11. The van der Waals surface area contributed by atoms with Crippen LogP contribution >= 0.6 is 31.7 Å². The fraction of sp³-hybridized carbons (Fsp3) is 0.583. The Morgan fingerprint density at radius 3 is 2.03 bits per heavy atom. The lowest BCUT2D eigenvalue weighted by Crippen LogP contribution is -2.45. The molecule has 0 radical (unpaired) electrons. The van der Waals surface area contributed by atoms with E-state index in [2.05, 4.69) is 46.9 Å². The Balaban J connectivity index is 0.678. The molecule has 4 aromatic rings. The van der Waals surface area contributed by atoms with Crippen LogP contribution in [-0.2, 0) is 47.4 Å². The predicted molar refractivity (Wildman–Crippen MR) is 277 cm³/mol. The first-order valence-electron chi connectivity index (χ1n) is 24.6. The second kappa shape index (κ2) is 34.5. The van der Waals surface area contributed by atoms with Gasteiger partial charge < -0.3 is 72.6 Å². The topological polar surface area (TPSA) is 257 Å². The van der Waals surface area contributed by atoms with E-state index in [9.17, 15) is 27.8 Å². The molecule has 2 aliphatic heterocycles. The lowest BCUT2D eigenvalue weighted by Gasteiger charge is -2.40. The van der Waals surface area contributed by atoms with Crippen molar-refractivity contribution in [2.24, 2.45) is 15.9 Å². The molecule has 2 saturated heterocycles. The van der Waals surface area contributed by atoms with Gasteiger partial charge in [0.15, 0.2) is 31.9 Å². The number of hydrazone groups is 1. The average molecular weight is 1130 g/mol. The number of nitrogens with zero attached hydrogens (tertiary/aromatic N) is 7. The number of halogens is 4. The van der Waals surface area contributed by atoms with Crippen molar-refractivity contribution in [1.29, 1.82) is 0 Å². The van der Waals surface area contributed by atoms with Gasteiger partial charge in [0.2, 0.25) is 11.0 Å². The monoisotopic (exact) mass is 1130 g/mol. The van der Waals surface area contributed by atoms with Gasteiger partial charge in [-0.15, -0.1) is 11.8 Å². The van der Waals surface area contributed by atoms with Crippen LogP contribution in [0.3, 0.4) is 0 Å². The fourth-order valence-corrected chi connectivity index (χ4v) is 9.19. The van der Waals surface area contributed by atoms with Crippen LogP contribution in [0.2, 0.25) is 5.28 Å². The Bertz CT molecular complexity index is 2380. The van der Waals surface area contributed by atoms with E-state index < -0.39 is 37.5 Å². The van der Waals surface area contributed by atoms with Crippen molar-refractivity contribution in [3.8, 4) is 11.5 Å². The van der Waals surface area contributed by atoms with Crippen LogP contribution in [0.25, 0.3) is 11.0 Å². The van der Waals surface area contributed by atoms with Gasteiger partial charge in [0.25, 0.3) is 0 Å². The van der Waals surface area contributed by atoms with Gasteiger partial charge in [-0.3, -0.25) is 9.79 Å². The number of rotatable bonds is 39. The van der Waals surface area contributed by atoms with Crippen molar-refractivity contribution < 1.29 is 79.9 Å². The number of anilines is 1. The summed E-state index contributed by atoms with van der Waals surface area (Å²) < 4.78 is 102. The number of aliphatic imine (C=N–C) groups is 1. The summed E-state index contributed by atoms with van der Waals surface area (Å²) in [5.74, 6) is 2.35. The maximum atomic E-state index is 13.6. The normalized spacial score (nSPS) is 16.2. The van der Waals surface area contributed by atoms with E-state index in [0.717, 1.165) is 42.9 Å². The van der Waals surface area contributed by atoms with Crippen LogP contribution in [0.15, 0.2) is 52.7 Å². The van der Waals surface area contributed by atoms with Crippen LogP contribution in [0.1, 0.15) is 37.0 Å². The van der Waals surface area contributed by atoms with Gasteiger partial charge in [-0.25, -0.2) is 17.9 Å². The summed E-state index contributed by atoms with van der Waals surface area (Å²) in [5.41, 5.74) is 2.61. The van der Waals surface area contributed by atoms with Gasteiger partial charge in [-0.2, -0.15) is 20.2 Å². The van der Waals surface area contributed by atoms with Gasteiger partial charge >= 0.3 is 5.97 Å². The number of aromatic nitrogens is 4. The number of hydrogen-bond donors (Lipinski definition) is 3. The second-order valence-electron chi connectivity index (χ2n) is 16.7. The summed E-state index contributed by atoms with van der Waals surface area (Å²) in [6.07, 6.45) is 4.39. The predicted octanol–water partition coefficient (Wildman–Crippen LogP) is 5.06. The Hall–Kier alpha value is -4.38. The molecule has 420 valence electrons. The SMILES string of the molecule is N/N=C(\C=NCCOCCOCCOCCOCCC(=O)Oc1c(F)cc(F)cc1F)COCCOCCOCCOCCOc1ccc(C2CN(c3nc(Cl)nc4c3cnn4C3CCC(CSCP(O)O)O3)C2)cc1. The van der Waals surface area contributed by atoms with Crippen LogP contribution in [0.4, 0.5) is 19.0 Å². The molecule has 2 aromatic carbocycles. The van der Waals surface area contributed by atoms with Crippen LogP contribution in [0, 0.1) is 17.5 Å². The third-order valence-corrected chi connectivity index (χ3v) is 13.6. The third-order valence-electron chi connectivity index (χ3n) is 11.2. The molecule has 6 rings (SSSR count). The van der Waals surface area contributed by atoms with Crippen LogP contribution < -0.4 is 20.2 Å².